The molecule has 0 aromatic rings. The van der Waals surface area contributed by atoms with Gasteiger partial charge in [-0.2, -0.15) is 0 Å². The van der Waals surface area contributed by atoms with Crippen LogP contribution in [0.2, 0.25) is 0 Å². The molecule has 0 aromatic heterocycles. The smallest absolute Gasteiger partial charge is 0 e. The van der Waals surface area contributed by atoms with Crippen LogP contribution in [0.3, 0.4) is 0 Å². The summed E-state index contributed by atoms with van der Waals surface area (Å²) in [5.41, 5.74) is 0. The molecule has 0 heterocycles. The van der Waals surface area contributed by atoms with Crippen molar-refractivity contribution in [1.29, 1.82) is 0 Å². The van der Waals surface area contributed by atoms with Crippen LogP contribution in [0.15, 0.2) is 0 Å². The fourth-order valence-electron chi connectivity index (χ4n) is 0. The summed E-state index contributed by atoms with van der Waals surface area (Å²) in [6.07, 6.45) is 0. The Labute approximate surface area is 89.6 Å². The molecule has 0 aromatic carbocycles. The summed E-state index contributed by atoms with van der Waals surface area (Å²) in [7, 11) is 0. The van der Waals surface area contributed by atoms with Gasteiger partial charge in [-0.25, -0.2) is 0 Å². The summed E-state index contributed by atoms with van der Waals surface area (Å²) >= 11 is 0. The van der Waals surface area contributed by atoms with Crippen molar-refractivity contribution in [3.63, 3.8) is 0 Å². The Morgan fingerprint density at radius 1 is 1.00 bits per heavy atom. The zero-order valence-electron chi connectivity index (χ0n) is 1.25. The van der Waals surface area contributed by atoms with E-state index in [-0.39, 0.29) is 91.4 Å². The molecular formula is HFeNaNbTa. The van der Waals surface area contributed by atoms with E-state index >= 15 is 0 Å². The molecule has 0 rings (SSSR count). The Balaban J connectivity index is 0. The van der Waals surface area contributed by atoms with E-state index in [4.69, 9.17) is 0 Å². The second-order valence-corrected chi connectivity index (χ2v) is 0. The van der Waals surface area contributed by atoms with Gasteiger partial charge in [-0.3, -0.25) is 0 Å². The van der Waals surface area contributed by atoms with Crippen LogP contribution in [0.25, 0.3) is 0 Å². The summed E-state index contributed by atoms with van der Waals surface area (Å²) in [6.45, 7) is 0. The van der Waals surface area contributed by atoms with Gasteiger partial charge in [0.1, 0.15) is 0 Å². The summed E-state index contributed by atoms with van der Waals surface area (Å²) in [6, 6.07) is 0. The van der Waals surface area contributed by atoms with Crippen molar-refractivity contribution in [2.24, 2.45) is 0 Å². The normalized spacial score (nSPS) is 0. The number of hydrogen-bond acceptors (Lipinski definition) is 0. The van der Waals surface area contributed by atoms with Gasteiger partial charge in [-0.15, -0.1) is 0 Å². The second-order valence-electron chi connectivity index (χ2n) is 0. The average molecular weight is 354 g/mol. The van der Waals surface area contributed by atoms with Gasteiger partial charge in [0.05, 0.1) is 0 Å². The van der Waals surface area contributed by atoms with Crippen LogP contribution in [-0.4, -0.2) is 29.6 Å². The quantitative estimate of drug-likeness (QED) is 0.508. The van der Waals surface area contributed by atoms with Gasteiger partial charge in [0.15, 0.2) is 0 Å². The van der Waals surface area contributed by atoms with Crippen LogP contribution in [0, 0.1) is 0 Å². The molecule has 0 aliphatic rings. The van der Waals surface area contributed by atoms with Crippen LogP contribution < -0.4 is 0 Å². The molecule has 0 fully saturated rings. The monoisotopic (exact) mass is 354 g/mol. The maximum absolute atomic E-state index is 0. The van der Waals surface area contributed by atoms with Crippen LogP contribution >= 0.6 is 0 Å². The Kier molecular flexibility index (Phi) is 117. The molecule has 4 heavy (non-hydrogen) atoms. The van der Waals surface area contributed by atoms with E-state index in [9.17, 15) is 0 Å². The molecule has 0 saturated heterocycles. The van der Waals surface area contributed by atoms with E-state index in [0.29, 0.717) is 0 Å². The van der Waals surface area contributed by atoms with Gasteiger partial charge in [0, 0.05) is 61.8 Å². The molecule has 0 saturated carbocycles. The fraction of sp³-hybridized carbons (Fsp3) is 0. The van der Waals surface area contributed by atoms with Gasteiger partial charge in [-0.1, -0.05) is 0 Å². The van der Waals surface area contributed by atoms with Crippen molar-refractivity contribution in [2.75, 3.05) is 0 Å². The van der Waals surface area contributed by atoms with E-state index in [1.54, 1.807) is 0 Å². The Bertz CT molecular complexity index is 8.00. The first-order chi connectivity index (χ1) is 0. The van der Waals surface area contributed by atoms with E-state index in [0.717, 1.165) is 0 Å². The topological polar surface area (TPSA) is 0 Å². The van der Waals surface area contributed by atoms with Crippen molar-refractivity contribution in [1.82, 2.24) is 0 Å². The predicted octanol–water partition coefficient (Wildman–Crippen LogP) is -0.656. The van der Waals surface area contributed by atoms with Crippen molar-refractivity contribution in [3.05, 3.63) is 0 Å². The molecule has 0 spiro atoms. The van der Waals surface area contributed by atoms with Crippen molar-refractivity contribution >= 4 is 29.6 Å². The van der Waals surface area contributed by atoms with Crippen LogP contribution in [-0.2, 0) is 61.8 Å². The third-order valence-electron chi connectivity index (χ3n) is 0. The minimum Gasteiger partial charge on any atom is 0 e. The van der Waals surface area contributed by atoms with Gasteiger partial charge < -0.3 is 0 Å². The Morgan fingerprint density at radius 2 is 1.00 bits per heavy atom. The first kappa shape index (κ1) is 28.0. The largest absolute Gasteiger partial charge is 0 e. The maximum atomic E-state index is 0. The summed E-state index contributed by atoms with van der Waals surface area (Å²) in [4.78, 5) is 0. The van der Waals surface area contributed by atoms with Crippen molar-refractivity contribution in [2.45, 2.75) is 0 Å². The third-order valence-corrected chi connectivity index (χ3v) is 0. The molecule has 20 valence electrons. The van der Waals surface area contributed by atoms with Gasteiger partial charge in [-0.05, 0) is 0 Å². The molecule has 0 bridgehead atoms. The average Bonchev–Trinajstić information content (AvgIpc) is 0. The summed E-state index contributed by atoms with van der Waals surface area (Å²) in [5, 5.41) is 0. The molecule has 0 N–H and O–H groups in total. The summed E-state index contributed by atoms with van der Waals surface area (Å²) in [5.74, 6) is 0. The molecule has 0 atom stereocenters. The Morgan fingerprint density at radius 3 is 1.00 bits per heavy atom. The first-order valence-corrected chi connectivity index (χ1v) is 0. The van der Waals surface area contributed by atoms with E-state index < -0.39 is 0 Å². The van der Waals surface area contributed by atoms with Gasteiger partial charge in [0.2, 0.25) is 0 Å². The van der Waals surface area contributed by atoms with Gasteiger partial charge in [0.25, 0.3) is 0 Å². The minimum absolute atomic E-state index is 0. The number of rotatable bonds is 0. The zero-order chi connectivity index (χ0) is 0. The molecule has 0 aliphatic carbocycles. The molecule has 0 aliphatic heterocycles. The maximum Gasteiger partial charge on any atom is 0 e. The molecule has 0 amide bonds. The zero-order valence-corrected chi connectivity index (χ0v) is 7.76. The van der Waals surface area contributed by atoms with Crippen LogP contribution in [0.1, 0.15) is 0 Å². The van der Waals surface area contributed by atoms with Crippen LogP contribution in [0.5, 0.6) is 0 Å². The van der Waals surface area contributed by atoms with E-state index in [1.807, 2.05) is 0 Å². The predicted molar refractivity (Wildman–Crippen MR) is 7.15 cm³/mol. The van der Waals surface area contributed by atoms with Crippen molar-refractivity contribution in [3.8, 4) is 0 Å². The molecule has 0 nitrogen and oxygen atoms in total. The van der Waals surface area contributed by atoms with E-state index in [1.165, 1.54) is 0 Å². The first-order valence-electron chi connectivity index (χ1n) is 0. The minimum atomic E-state index is 0. The molecule has 0 unspecified atom stereocenters. The summed E-state index contributed by atoms with van der Waals surface area (Å²) < 4.78 is 0. The molecule has 2 radical (unpaired) electrons. The Hall–Kier alpha value is 3.00. The second kappa shape index (κ2) is 16.7. The van der Waals surface area contributed by atoms with Gasteiger partial charge >= 0.3 is 29.6 Å². The molecular weight excluding hydrogens is 353 g/mol. The fourth-order valence-corrected chi connectivity index (χ4v) is 0. The third kappa shape index (κ3) is 8.89. The van der Waals surface area contributed by atoms with E-state index in [2.05, 4.69) is 0 Å². The molecule has 4 heteroatoms. The van der Waals surface area contributed by atoms with Crippen LogP contribution in [0.4, 0.5) is 0 Å². The van der Waals surface area contributed by atoms with Crippen molar-refractivity contribution < 1.29 is 61.8 Å². The SMILES string of the molecule is [Fe].[NaH].[Nb].[Ta]. The number of hydrogen-bond donors (Lipinski definition) is 0. The standard InChI is InChI=1S/Fe.Na.Nb.Ta.H.